The highest BCUT2D eigenvalue weighted by molar-refractivity contribution is 5.79. The van der Waals surface area contributed by atoms with E-state index in [0.717, 1.165) is 22.4 Å². The Morgan fingerprint density at radius 1 is 1.03 bits per heavy atom. The van der Waals surface area contributed by atoms with Crippen molar-refractivity contribution in [1.82, 2.24) is 14.9 Å². The zero-order valence-corrected chi connectivity index (χ0v) is 18.0. The van der Waals surface area contributed by atoms with Crippen molar-refractivity contribution < 1.29 is 23.8 Å². The molecule has 0 bridgehead atoms. The van der Waals surface area contributed by atoms with Crippen LogP contribution in [-0.4, -0.2) is 49.3 Å². The van der Waals surface area contributed by atoms with Crippen LogP contribution < -0.4 is 14.8 Å². The Bertz CT molecular complexity index is 1060. The summed E-state index contributed by atoms with van der Waals surface area (Å²) in [6.45, 7) is 0.617. The molecule has 0 aliphatic rings. The van der Waals surface area contributed by atoms with Gasteiger partial charge in [0.25, 0.3) is 0 Å². The molecule has 8 nitrogen and oxygen atoms in total. The number of hydrogen-bond acceptors (Lipinski definition) is 6. The first-order chi connectivity index (χ1) is 15.0. The van der Waals surface area contributed by atoms with Gasteiger partial charge in [-0.25, -0.2) is 4.98 Å². The second-order valence-corrected chi connectivity index (χ2v) is 7.00. The van der Waals surface area contributed by atoms with Gasteiger partial charge in [-0.15, -0.1) is 0 Å². The fourth-order valence-electron chi connectivity index (χ4n) is 3.40. The van der Waals surface area contributed by atoms with E-state index in [-0.39, 0.29) is 24.8 Å². The van der Waals surface area contributed by atoms with Crippen LogP contribution in [0.5, 0.6) is 11.5 Å². The molecule has 0 unspecified atom stereocenters. The smallest absolute Gasteiger partial charge is 0.325 e. The maximum absolute atomic E-state index is 12.3. The molecule has 0 saturated carbocycles. The molecule has 164 valence electrons. The highest BCUT2D eigenvalue weighted by atomic mass is 16.5. The molecule has 2 aromatic carbocycles. The molecule has 0 aliphatic carbocycles. The number of aryl methyl sites for hydroxylation is 1. The van der Waals surface area contributed by atoms with Gasteiger partial charge in [-0.1, -0.05) is 18.2 Å². The Morgan fingerprint density at radius 3 is 2.55 bits per heavy atom. The summed E-state index contributed by atoms with van der Waals surface area (Å²) in [4.78, 5) is 28.8. The van der Waals surface area contributed by atoms with E-state index >= 15 is 0 Å². The van der Waals surface area contributed by atoms with E-state index in [1.54, 1.807) is 26.4 Å². The molecule has 1 aromatic heterocycles. The maximum Gasteiger partial charge on any atom is 0.325 e. The summed E-state index contributed by atoms with van der Waals surface area (Å²) in [6, 6.07) is 13.1. The van der Waals surface area contributed by atoms with Crippen molar-refractivity contribution >= 4 is 22.9 Å². The van der Waals surface area contributed by atoms with E-state index in [1.165, 1.54) is 7.11 Å². The normalized spacial score (nSPS) is 10.7. The van der Waals surface area contributed by atoms with Gasteiger partial charge in [-0.3, -0.25) is 9.59 Å². The van der Waals surface area contributed by atoms with E-state index in [2.05, 4.69) is 10.3 Å². The van der Waals surface area contributed by atoms with Crippen LogP contribution in [0.25, 0.3) is 11.0 Å². The highest BCUT2D eigenvalue weighted by Crippen LogP contribution is 2.27. The number of benzene rings is 2. The third-order valence-electron chi connectivity index (χ3n) is 4.96. The van der Waals surface area contributed by atoms with Crippen molar-refractivity contribution in [2.24, 2.45) is 0 Å². The van der Waals surface area contributed by atoms with Crippen molar-refractivity contribution in [3.63, 3.8) is 0 Å². The first-order valence-corrected chi connectivity index (χ1v) is 10.0. The Balaban J connectivity index is 1.56. The lowest BCUT2D eigenvalue weighted by molar-refractivity contribution is -0.141. The molecular formula is C23H27N3O5. The van der Waals surface area contributed by atoms with Crippen molar-refractivity contribution in [3.8, 4) is 11.5 Å². The number of aromatic nitrogens is 2. The van der Waals surface area contributed by atoms with Gasteiger partial charge in [0.05, 0.1) is 38.8 Å². The molecule has 0 aliphatic heterocycles. The number of fused-ring (bicyclic) bond motifs is 1. The van der Waals surface area contributed by atoms with Crippen LogP contribution in [0.15, 0.2) is 42.5 Å². The molecule has 0 spiro atoms. The largest absolute Gasteiger partial charge is 0.493 e. The second-order valence-electron chi connectivity index (χ2n) is 7.00. The average molecular weight is 425 g/mol. The molecule has 1 amide bonds. The first-order valence-electron chi connectivity index (χ1n) is 10.0. The molecule has 0 radical (unpaired) electrons. The van der Waals surface area contributed by atoms with Gasteiger partial charge in [0, 0.05) is 13.0 Å². The highest BCUT2D eigenvalue weighted by Gasteiger charge is 2.14. The van der Waals surface area contributed by atoms with Crippen molar-refractivity contribution in [2.75, 3.05) is 27.9 Å². The van der Waals surface area contributed by atoms with E-state index in [4.69, 9.17) is 14.2 Å². The molecule has 1 N–H and O–H groups in total. The van der Waals surface area contributed by atoms with E-state index in [9.17, 15) is 9.59 Å². The van der Waals surface area contributed by atoms with Gasteiger partial charge in [0.2, 0.25) is 5.91 Å². The van der Waals surface area contributed by atoms with Crippen LogP contribution >= 0.6 is 0 Å². The molecule has 8 heteroatoms. The summed E-state index contributed by atoms with van der Waals surface area (Å²) in [5.74, 6) is 1.61. The number of amides is 1. The van der Waals surface area contributed by atoms with Crippen LogP contribution in [0, 0.1) is 0 Å². The summed E-state index contributed by atoms with van der Waals surface area (Å²) in [5.41, 5.74) is 2.56. The first kappa shape index (κ1) is 22.1. The predicted octanol–water partition coefficient (Wildman–Crippen LogP) is 2.52. The Hall–Kier alpha value is -3.55. The third kappa shape index (κ3) is 5.53. The van der Waals surface area contributed by atoms with Crippen LogP contribution in [0.3, 0.4) is 0 Å². The topological polar surface area (TPSA) is 91.7 Å². The summed E-state index contributed by atoms with van der Waals surface area (Å²) in [7, 11) is 4.51. The minimum Gasteiger partial charge on any atom is -0.493 e. The lowest BCUT2D eigenvalue weighted by atomic mass is 10.1. The van der Waals surface area contributed by atoms with Crippen LogP contribution in [0.1, 0.15) is 17.8 Å². The van der Waals surface area contributed by atoms with Gasteiger partial charge in [0.1, 0.15) is 12.4 Å². The lowest BCUT2D eigenvalue weighted by Gasteiger charge is -2.10. The number of para-hydroxylation sites is 2. The predicted molar refractivity (Wildman–Crippen MR) is 116 cm³/mol. The summed E-state index contributed by atoms with van der Waals surface area (Å²) < 4.78 is 17.2. The number of carbonyl (C=O) groups is 2. The maximum atomic E-state index is 12.3. The van der Waals surface area contributed by atoms with Crippen LogP contribution in [0.4, 0.5) is 0 Å². The average Bonchev–Trinajstić information content (AvgIpc) is 3.13. The molecular weight excluding hydrogens is 398 g/mol. The van der Waals surface area contributed by atoms with Gasteiger partial charge in [-0.05, 0) is 36.2 Å². The number of methoxy groups -OCH3 is 3. The summed E-state index contributed by atoms with van der Waals surface area (Å²) in [5, 5.41) is 2.93. The second kappa shape index (κ2) is 10.5. The number of imidazole rings is 1. The SMILES string of the molecule is COC(=O)Cn1c(CCCNC(=O)Cc2ccc(OC)c(OC)c2)nc2ccccc21. The molecule has 3 rings (SSSR count). The molecule has 0 saturated heterocycles. The molecule has 0 fully saturated rings. The standard InChI is InChI=1S/C23H27N3O5/c1-29-19-11-10-16(13-20(19)30-2)14-22(27)24-12-6-9-21-25-17-7-4-5-8-18(17)26(21)15-23(28)31-3/h4-5,7-8,10-11,13H,6,9,12,14-15H2,1-3H3,(H,24,27). The minimum absolute atomic E-state index is 0.0738. The van der Waals surface area contributed by atoms with Gasteiger partial charge >= 0.3 is 5.97 Å². The number of ether oxygens (including phenoxy) is 3. The molecule has 3 aromatic rings. The van der Waals surface area contributed by atoms with E-state index in [1.807, 2.05) is 34.9 Å². The van der Waals surface area contributed by atoms with Gasteiger partial charge < -0.3 is 24.1 Å². The zero-order valence-electron chi connectivity index (χ0n) is 18.0. The third-order valence-corrected chi connectivity index (χ3v) is 4.96. The quantitative estimate of drug-likeness (QED) is 0.396. The Labute approximate surface area is 181 Å². The van der Waals surface area contributed by atoms with Crippen molar-refractivity contribution in [2.45, 2.75) is 25.8 Å². The monoisotopic (exact) mass is 425 g/mol. The van der Waals surface area contributed by atoms with Gasteiger partial charge in [0.15, 0.2) is 11.5 Å². The number of hydrogen-bond donors (Lipinski definition) is 1. The summed E-state index contributed by atoms with van der Waals surface area (Å²) in [6.07, 6.45) is 1.58. The minimum atomic E-state index is -0.326. The van der Waals surface area contributed by atoms with Crippen molar-refractivity contribution in [1.29, 1.82) is 0 Å². The molecule has 31 heavy (non-hydrogen) atoms. The number of carbonyl (C=O) groups excluding carboxylic acids is 2. The summed E-state index contributed by atoms with van der Waals surface area (Å²) >= 11 is 0. The molecule has 1 heterocycles. The van der Waals surface area contributed by atoms with Crippen LogP contribution in [0.2, 0.25) is 0 Å². The van der Waals surface area contributed by atoms with E-state index in [0.29, 0.717) is 30.9 Å². The Kier molecular flexibility index (Phi) is 7.48. The molecule has 0 atom stereocenters. The number of esters is 1. The van der Waals surface area contributed by atoms with Crippen LogP contribution in [-0.2, 0) is 33.7 Å². The van der Waals surface area contributed by atoms with Gasteiger partial charge in [-0.2, -0.15) is 0 Å². The Morgan fingerprint density at radius 2 is 1.81 bits per heavy atom. The van der Waals surface area contributed by atoms with Crippen molar-refractivity contribution in [3.05, 3.63) is 53.9 Å². The fraction of sp³-hybridized carbons (Fsp3) is 0.348. The number of nitrogens with one attached hydrogen (secondary N) is 1. The zero-order chi connectivity index (χ0) is 22.2. The fourth-order valence-corrected chi connectivity index (χ4v) is 3.40. The number of rotatable bonds is 10. The lowest BCUT2D eigenvalue weighted by Crippen LogP contribution is -2.26. The van der Waals surface area contributed by atoms with E-state index < -0.39 is 0 Å². The number of nitrogens with zero attached hydrogens (tertiary/aromatic N) is 2.